The Morgan fingerprint density at radius 2 is 2.19 bits per heavy atom. The predicted molar refractivity (Wildman–Crippen MR) is 74.4 cm³/mol. The number of H-pyrrole nitrogens is 1. The van der Waals surface area contributed by atoms with E-state index >= 15 is 0 Å². The second kappa shape index (κ2) is 6.56. The molecule has 0 aliphatic carbocycles. The average molecular weight is 317 g/mol. The fourth-order valence-electron chi connectivity index (χ4n) is 1.93. The van der Waals surface area contributed by atoms with Crippen LogP contribution in [-0.4, -0.2) is 67.7 Å². The Bertz CT molecular complexity index is 590. The van der Waals surface area contributed by atoms with E-state index in [0.29, 0.717) is 26.3 Å². The molecule has 1 atom stereocenters. The molecule has 2 heterocycles. The van der Waals surface area contributed by atoms with E-state index in [1.54, 1.807) is 6.92 Å². The van der Waals surface area contributed by atoms with Crippen LogP contribution < -0.4 is 5.32 Å². The van der Waals surface area contributed by atoms with E-state index in [4.69, 9.17) is 9.84 Å². The number of rotatable bonds is 5. The molecule has 0 saturated carbocycles. The molecule has 1 aliphatic rings. The van der Waals surface area contributed by atoms with Crippen molar-refractivity contribution in [1.29, 1.82) is 0 Å². The molecule has 0 radical (unpaired) electrons. The summed E-state index contributed by atoms with van der Waals surface area (Å²) in [7, 11) is -3.61. The second-order valence-electron chi connectivity index (χ2n) is 4.82. The zero-order valence-corrected chi connectivity index (χ0v) is 12.5. The zero-order valence-electron chi connectivity index (χ0n) is 11.7. The van der Waals surface area contributed by atoms with E-state index in [0.717, 1.165) is 0 Å². The van der Waals surface area contributed by atoms with Crippen LogP contribution in [0.25, 0.3) is 0 Å². The van der Waals surface area contributed by atoms with Crippen molar-refractivity contribution in [1.82, 2.24) is 14.6 Å². The first-order valence-corrected chi connectivity index (χ1v) is 8.08. The van der Waals surface area contributed by atoms with Gasteiger partial charge in [0.05, 0.1) is 19.3 Å². The lowest BCUT2D eigenvalue weighted by atomic mass is 10.3. The third-order valence-corrected chi connectivity index (χ3v) is 4.94. The van der Waals surface area contributed by atoms with E-state index in [-0.39, 0.29) is 17.1 Å². The number of hydrogen-bond donors (Lipinski definition) is 3. The van der Waals surface area contributed by atoms with Crippen LogP contribution in [0.5, 0.6) is 0 Å². The van der Waals surface area contributed by atoms with E-state index in [1.807, 2.05) is 0 Å². The number of morpholine rings is 1. The summed E-state index contributed by atoms with van der Waals surface area (Å²) in [6.45, 7) is 2.98. The van der Waals surface area contributed by atoms with Gasteiger partial charge in [0.15, 0.2) is 0 Å². The van der Waals surface area contributed by atoms with Crippen molar-refractivity contribution in [2.45, 2.75) is 17.9 Å². The molecule has 1 saturated heterocycles. The largest absolute Gasteiger partial charge is 0.392 e. The summed E-state index contributed by atoms with van der Waals surface area (Å²) in [5.41, 5.74) is 0.141. The molecule has 1 amide bonds. The normalized spacial score (nSPS) is 18.4. The topological polar surface area (TPSA) is 112 Å². The van der Waals surface area contributed by atoms with Crippen LogP contribution in [-0.2, 0) is 14.8 Å². The molecule has 9 heteroatoms. The van der Waals surface area contributed by atoms with Crippen molar-refractivity contribution < 1.29 is 23.1 Å². The standard InChI is InChI=1S/C12H19N3O5S/c1-9(16)7-14-12(17)11-6-10(8-13-11)21(18,19)15-2-4-20-5-3-15/h6,8-9,13,16H,2-5,7H2,1H3,(H,14,17)/t9-/m0/s1. The number of aromatic amines is 1. The van der Waals surface area contributed by atoms with Gasteiger partial charge in [-0.2, -0.15) is 4.31 Å². The number of aromatic nitrogens is 1. The number of hydrogen-bond acceptors (Lipinski definition) is 5. The number of amides is 1. The highest BCUT2D eigenvalue weighted by Gasteiger charge is 2.27. The van der Waals surface area contributed by atoms with Crippen molar-refractivity contribution in [2.75, 3.05) is 32.8 Å². The Morgan fingerprint density at radius 1 is 1.52 bits per heavy atom. The lowest BCUT2D eigenvalue weighted by Gasteiger charge is -2.25. The Labute approximate surface area is 123 Å². The van der Waals surface area contributed by atoms with Crippen LogP contribution in [0.2, 0.25) is 0 Å². The summed E-state index contributed by atoms with van der Waals surface area (Å²) in [5.74, 6) is -0.459. The van der Waals surface area contributed by atoms with Gasteiger partial charge in [-0.1, -0.05) is 0 Å². The fraction of sp³-hybridized carbons (Fsp3) is 0.583. The smallest absolute Gasteiger partial charge is 0.267 e. The Hall–Kier alpha value is -1.42. The summed E-state index contributed by atoms with van der Waals surface area (Å²) in [5, 5.41) is 11.6. The van der Waals surface area contributed by atoms with Gasteiger partial charge in [0.2, 0.25) is 10.0 Å². The number of nitrogens with zero attached hydrogens (tertiary/aromatic N) is 1. The van der Waals surface area contributed by atoms with Gasteiger partial charge in [0.1, 0.15) is 10.6 Å². The van der Waals surface area contributed by atoms with Gasteiger partial charge in [0, 0.05) is 25.8 Å². The van der Waals surface area contributed by atoms with Crippen molar-refractivity contribution in [2.24, 2.45) is 0 Å². The highest BCUT2D eigenvalue weighted by molar-refractivity contribution is 7.89. The lowest BCUT2D eigenvalue weighted by Crippen LogP contribution is -2.40. The van der Waals surface area contributed by atoms with Gasteiger partial charge < -0.3 is 20.1 Å². The number of carbonyl (C=O) groups is 1. The minimum absolute atomic E-state index is 0.0478. The van der Waals surface area contributed by atoms with E-state index in [2.05, 4.69) is 10.3 Å². The second-order valence-corrected chi connectivity index (χ2v) is 6.76. The number of carbonyl (C=O) groups excluding carboxylic acids is 1. The molecular weight excluding hydrogens is 298 g/mol. The van der Waals surface area contributed by atoms with Gasteiger partial charge in [-0.15, -0.1) is 0 Å². The van der Waals surface area contributed by atoms with Crippen LogP contribution >= 0.6 is 0 Å². The average Bonchev–Trinajstić information content (AvgIpc) is 2.96. The maximum atomic E-state index is 12.4. The summed E-state index contributed by atoms with van der Waals surface area (Å²) in [6, 6.07) is 1.29. The quantitative estimate of drug-likeness (QED) is 0.655. The molecule has 21 heavy (non-hydrogen) atoms. The van der Waals surface area contributed by atoms with Gasteiger partial charge >= 0.3 is 0 Å². The molecule has 3 N–H and O–H groups in total. The molecule has 1 aromatic heterocycles. The van der Waals surface area contributed by atoms with Crippen LogP contribution in [0.3, 0.4) is 0 Å². The molecular formula is C12H19N3O5S. The van der Waals surface area contributed by atoms with E-state index in [9.17, 15) is 13.2 Å². The first-order chi connectivity index (χ1) is 9.91. The van der Waals surface area contributed by atoms with Crippen molar-refractivity contribution in [3.05, 3.63) is 18.0 Å². The number of ether oxygens (including phenoxy) is 1. The third-order valence-electron chi connectivity index (χ3n) is 3.07. The maximum absolute atomic E-state index is 12.4. The number of aliphatic hydroxyl groups is 1. The summed E-state index contributed by atoms with van der Waals surface area (Å²) in [6.07, 6.45) is 0.627. The molecule has 1 fully saturated rings. The number of nitrogens with one attached hydrogen (secondary N) is 2. The Kier molecular flexibility index (Phi) is 4.99. The molecule has 1 aliphatic heterocycles. The minimum Gasteiger partial charge on any atom is -0.392 e. The lowest BCUT2D eigenvalue weighted by molar-refractivity contribution is 0.0730. The van der Waals surface area contributed by atoms with Gasteiger partial charge in [-0.25, -0.2) is 8.42 Å². The monoisotopic (exact) mass is 317 g/mol. The maximum Gasteiger partial charge on any atom is 0.267 e. The molecule has 2 rings (SSSR count). The minimum atomic E-state index is -3.61. The first kappa shape index (κ1) is 16.0. The molecule has 0 unspecified atom stereocenters. The van der Waals surface area contributed by atoms with Gasteiger partial charge in [-0.3, -0.25) is 4.79 Å². The molecule has 0 aromatic carbocycles. The molecule has 8 nitrogen and oxygen atoms in total. The van der Waals surface area contributed by atoms with E-state index < -0.39 is 22.0 Å². The van der Waals surface area contributed by atoms with Crippen molar-refractivity contribution in [3.63, 3.8) is 0 Å². The van der Waals surface area contributed by atoms with Gasteiger partial charge in [0.25, 0.3) is 5.91 Å². The SMILES string of the molecule is C[C@H](O)CNC(=O)c1cc(S(=O)(=O)N2CCOCC2)c[nH]1. The Morgan fingerprint density at radius 3 is 2.81 bits per heavy atom. The predicted octanol–water partition coefficient (Wildman–Crippen LogP) is -0.854. The van der Waals surface area contributed by atoms with Crippen LogP contribution in [0, 0.1) is 0 Å². The zero-order chi connectivity index (χ0) is 15.5. The fourth-order valence-corrected chi connectivity index (χ4v) is 3.33. The van der Waals surface area contributed by atoms with Crippen LogP contribution in [0.1, 0.15) is 17.4 Å². The first-order valence-electron chi connectivity index (χ1n) is 6.64. The molecule has 1 aromatic rings. The van der Waals surface area contributed by atoms with Gasteiger partial charge in [-0.05, 0) is 13.0 Å². The molecule has 0 bridgehead atoms. The van der Waals surface area contributed by atoms with E-state index in [1.165, 1.54) is 16.6 Å². The summed E-state index contributed by atoms with van der Waals surface area (Å²) in [4.78, 5) is 14.5. The highest BCUT2D eigenvalue weighted by Crippen LogP contribution is 2.17. The summed E-state index contributed by atoms with van der Waals surface area (Å²) < 4.78 is 31.2. The molecule has 118 valence electrons. The summed E-state index contributed by atoms with van der Waals surface area (Å²) >= 11 is 0. The van der Waals surface area contributed by atoms with Crippen LogP contribution in [0.4, 0.5) is 0 Å². The highest BCUT2D eigenvalue weighted by atomic mass is 32.2. The van der Waals surface area contributed by atoms with Crippen molar-refractivity contribution in [3.8, 4) is 0 Å². The number of aliphatic hydroxyl groups excluding tert-OH is 1. The molecule has 0 spiro atoms. The Balaban J connectivity index is 2.09. The number of sulfonamides is 1. The third kappa shape index (κ3) is 3.82. The van der Waals surface area contributed by atoms with Crippen LogP contribution in [0.15, 0.2) is 17.2 Å². The van der Waals surface area contributed by atoms with Crippen molar-refractivity contribution >= 4 is 15.9 Å².